The predicted octanol–water partition coefficient (Wildman–Crippen LogP) is 13.4. The van der Waals surface area contributed by atoms with E-state index in [9.17, 15) is 34.5 Å². The molecule has 73 heavy (non-hydrogen) atoms. The third-order valence-corrected chi connectivity index (χ3v) is 11.2. The van der Waals surface area contributed by atoms with Crippen LogP contribution in [0.4, 0.5) is 0 Å². The van der Waals surface area contributed by atoms with Crippen LogP contribution >= 0.6 is 0 Å². The minimum absolute atomic E-state index is 0.0129. The van der Waals surface area contributed by atoms with E-state index in [0.29, 0.717) is 25.7 Å². The van der Waals surface area contributed by atoms with E-state index in [1.807, 2.05) is 36.5 Å². The number of rotatable bonds is 43. The monoisotopic (exact) mass is 1020 g/mol. The number of hydrogen-bond acceptors (Lipinski definition) is 11. The van der Waals surface area contributed by atoms with Crippen LogP contribution in [0, 0.1) is 0 Å². The van der Waals surface area contributed by atoms with Crippen molar-refractivity contribution in [3.63, 3.8) is 0 Å². The lowest BCUT2D eigenvalue weighted by Gasteiger charge is -2.40. The fourth-order valence-corrected chi connectivity index (χ4v) is 7.13. The maximum atomic E-state index is 13.0. The van der Waals surface area contributed by atoms with Gasteiger partial charge in [0.25, 0.3) is 0 Å². The van der Waals surface area contributed by atoms with Gasteiger partial charge in [0, 0.05) is 12.8 Å². The van der Waals surface area contributed by atoms with Crippen molar-refractivity contribution in [2.24, 2.45) is 0 Å². The molecule has 0 amide bonds. The van der Waals surface area contributed by atoms with Crippen molar-refractivity contribution >= 4 is 23.9 Å². The highest BCUT2D eigenvalue weighted by Crippen LogP contribution is 2.26. The molecule has 0 bridgehead atoms. The van der Waals surface area contributed by atoms with Gasteiger partial charge in [-0.25, -0.2) is 4.79 Å². The van der Waals surface area contributed by atoms with Gasteiger partial charge < -0.3 is 39.0 Å². The molecule has 1 rings (SSSR count). The number of ether oxygens (including phenoxy) is 5. The molecule has 1 aliphatic heterocycles. The van der Waals surface area contributed by atoms with Gasteiger partial charge in [-0.3, -0.25) is 14.4 Å². The lowest BCUT2D eigenvalue weighted by molar-refractivity contribution is -0.301. The van der Waals surface area contributed by atoms with Crippen molar-refractivity contribution in [1.82, 2.24) is 0 Å². The van der Waals surface area contributed by atoms with E-state index in [4.69, 9.17) is 23.7 Å². The first-order valence-electron chi connectivity index (χ1n) is 27.2. The van der Waals surface area contributed by atoms with Crippen molar-refractivity contribution < 1.29 is 58.2 Å². The Hall–Kier alpha value is -5.14. The molecule has 0 aromatic carbocycles. The summed E-state index contributed by atoms with van der Waals surface area (Å²) in [6.45, 7) is 5.54. The number of carbonyl (C=O) groups is 4. The summed E-state index contributed by atoms with van der Waals surface area (Å²) in [5.74, 6) is -3.44. The van der Waals surface area contributed by atoms with Gasteiger partial charge in [0.05, 0.1) is 13.0 Å². The zero-order valence-corrected chi connectivity index (χ0v) is 44.6. The highest BCUT2D eigenvalue weighted by atomic mass is 16.7. The topological polar surface area (TPSA) is 175 Å². The molecular weight excluding hydrogens is 925 g/mol. The molecule has 12 heteroatoms. The third kappa shape index (κ3) is 38.2. The molecular formula is C61H92O12. The second-order valence-electron chi connectivity index (χ2n) is 17.8. The van der Waals surface area contributed by atoms with E-state index in [1.165, 1.54) is 19.3 Å². The number of carbonyl (C=O) groups excluding carboxylic acids is 3. The molecule has 0 aromatic heterocycles. The average molecular weight is 1020 g/mol. The number of carboxylic acids is 1. The summed E-state index contributed by atoms with van der Waals surface area (Å²) >= 11 is 0. The van der Waals surface area contributed by atoms with Gasteiger partial charge in [0.2, 0.25) is 0 Å². The molecule has 1 aliphatic rings. The Bertz CT molecular complexity index is 1780. The van der Waals surface area contributed by atoms with Crippen LogP contribution in [0.25, 0.3) is 0 Å². The van der Waals surface area contributed by atoms with Crippen LogP contribution < -0.4 is 0 Å². The van der Waals surface area contributed by atoms with Crippen molar-refractivity contribution in [3.8, 4) is 0 Å². The quantitative estimate of drug-likeness (QED) is 0.0228. The molecule has 6 atom stereocenters. The molecule has 0 spiro atoms. The molecule has 0 saturated carbocycles. The Balaban J connectivity index is 2.83. The Labute approximate surface area is 439 Å². The van der Waals surface area contributed by atoms with Crippen LogP contribution in [0.1, 0.15) is 175 Å². The van der Waals surface area contributed by atoms with Gasteiger partial charge in [0.1, 0.15) is 18.8 Å². The number of aliphatic hydroxyl groups excluding tert-OH is 2. The Morgan fingerprint density at radius 1 is 0.479 bits per heavy atom. The number of hydrogen-bond donors (Lipinski definition) is 3. The lowest BCUT2D eigenvalue weighted by Crippen LogP contribution is -2.61. The van der Waals surface area contributed by atoms with Gasteiger partial charge in [-0.2, -0.15) is 0 Å². The summed E-state index contributed by atoms with van der Waals surface area (Å²) in [5.41, 5.74) is 0. The van der Waals surface area contributed by atoms with Gasteiger partial charge in [-0.05, 0) is 103 Å². The van der Waals surface area contributed by atoms with Gasteiger partial charge in [-0.15, -0.1) is 0 Å². The first-order chi connectivity index (χ1) is 35.6. The van der Waals surface area contributed by atoms with E-state index >= 15 is 0 Å². The maximum absolute atomic E-state index is 13.0. The molecule has 0 aromatic rings. The molecule has 3 N–H and O–H groups in total. The second-order valence-corrected chi connectivity index (χ2v) is 17.8. The normalized spacial score (nSPS) is 19.4. The minimum atomic E-state index is -1.94. The van der Waals surface area contributed by atoms with Gasteiger partial charge in [0.15, 0.2) is 24.6 Å². The summed E-state index contributed by atoms with van der Waals surface area (Å²) in [5, 5.41) is 31.4. The van der Waals surface area contributed by atoms with Crippen LogP contribution in [0.15, 0.2) is 134 Å². The summed E-state index contributed by atoms with van der Waals surface area (Å²) < 4.78 is 28.1. The number of allylic oxidation sites excluding steroid dienone is 21. The van der Waals surface area contributed by atoms with E-state index < -0.39 is 73.9 Å². The van der Waals surface area contributed by atoms with Gasteiger partial charge in [-0.1, -0.05) is 187 Å². The van der Waals surface area contributed by atoms with E-state index in [2.05, 4.69) is 112 Å². The summed E-state index contributed by atoms with van der Waals surface area (Å²) in [4.78, 5) is 50.9. The first kappa shape index (κ1) is 65.9. The average Bonchev–Trinajstić information content (AvgIpc) is 3.37. The molecule has 0 radical (unpaired) electrons. The molecule has 0 aliphatic carbocycles. The first-order valence-corrected chi connectivity index (χ1v) is 27.2. The summed E-state index contributed by atoms with van der Waals surface area (Å²) in [6.07, 6.45) is 54.8. The molecule has 6 unspecified atom stereocenters. The SMILES string of the molecule is CC/C=C\C/C=C\C/C=C\C/C=C\C/C=C\CC(=O)OCC(COC1OC(C(=O)O)C(O)C(O)C1OC(=O)CCCCCCC/C=C\C/C=C\CCCCC)OC(=O)CC/C=C\C/C=C\C/C=C\C/C=C\CC. The minimum Gasteiger partial charge on any atom is -0.479 e. The molecule has 1 fully saturated rings. The molecule has 12 nitrogen and oxygen atoms in total. The molecule has 1 saturated heterocycles. The Morgan fingerprint density at radius 2 is 0.932 bits per heavy atom. The molecule has 1 heterocycles. The van der Waals surface area contributed by atoms with Crippen LogP contribution in [0.3, 0.4) is 0 Å². The Morgan fingerprint density at radius 3 is 1.44 bits per heavy atom. The van der Waals surface area contributed by atoms with E-state index in [0.717, 1.165) is 89.9 Å². The van der Waals surface area contributed by atoms with Crippen molar-refractivity contribution in [2.45, 2.75) is 212 Å². The van der Waals surface area contributed by atoms with Crippen LogP contribution in [0.5, 0.6) is 0 Å². The smallest absolute Gasteiger partial charge is 0.335 e. The highest BCUT2D eigenvalue weighted by Gasteiger charge is 2.50. The van der Waals surface area contributed by atoms with Crippen LogP contribution in [-0.2, 0) is 42.9 Å². The Kier molecular flexibility index (Phi) is 43.2. The second kappa shape index (κ2) is 47.8. The van der Waals surface area contributed by atoms with E-state index in [1.54, 1.807) is 6.08 Å². The molecule has 408 valence electrons. The van der Waals surface area contributed by atoms with Crippen molar-refractivity contribution in [3.05, 3.63) is 134 Å². The third-order valence-electron chi connectivity index (χ3n) is 11.2. The zero-order valence-electron chi connectivity index (χ0n) is 44.6. The van der Waals surface area contributed by atoms with Crippen LogP contribution in [-0.4, -0.2) is 89.2 Å². The van der Waals surface area contributed by atoms with Crippen molar-refractivity contribution in [2.75, 3.05) is 13.2 Å². The summed E-state index contributed by atoms with van der Waals surface area (Å²) in [6, 6.07) is 0. The maximum Gasteiger partial charge on any atom is 0.335 e. The zero-order chi connectivity index (χ0) is 53.3. The van der Waals surface area contributed by atoms with E-state index in [-0.39, 0.29) is 19.3 Å². The summed E-state index contributed by atoms with van der Waals surface area (Å²) in [7, 11) is 0. The standard InChI is InChI=1S/C61H92O12/c1-4-7-10-13-16-19-22-25-27-30-32-35-38-41-44-47-53(62)69-50-52(71-54(63)48-45-42-39-36-33-29-24-21-18-15-12-9-6-3)51-70-61-59(57(66)56(65)58(73-61)60(67)68)72-55(64)49-46-43-40-37-34-31-28-26-23-20-17-14-11-8-5-2/h7,9-10,12,16-21,25-29,32-33,35,39,41-42,44,52,56-59,61,65-66H,4-6,8,11,13-15,22-24,30-31,34,36-38,40,43,45-51H2,1-3H3,(H,67,68)/b10-7-,12-9-,19-16-,20-17-,21-18-,27-25-,28-26-,33-29-,35-32-,42-39-,44-41-. The highest BCUT2D eigenvalue weighted by molar-refractivity contribution is 5.74. The van der Waals surface area contributed by atoms with Crippen LogP contribution in [0.2, 0.25) is 0 Å². The fourth-order valence-electron chi connectivity index (χ4n) is 7.13. The lowest BCUT2D eigenvalue weighted by atomic mass is 9.98. The number of unbranched alkanes of at least 4 members (excludes halogenated alkanes) is 8. The fraction of sp³-hybridized carbons (Fsp3) is 0.574. The predicted molar refractivity (Wildman–Crippen MR) is 293 cm³/mol. The van der Waals surface area contributed by atoms with Gasteiger partial charge >= 0.3 is 23.9 Å². The number of esters is 3. The van der Waals surface area contributed by atoms with Crippen molar-refractivity contribution in [1.29, 1.82) is 0 Å². The number of carboxylic acid groups (broad SMARTS) is 1. The largest absolute Gasteiger partial charge is 0.479 e. The number of aliphatic hydroxyl groups is 2. The number of aliphatic carboxylic acids is 1.